The van der Waals surface area contributed by atoms with Crippen molar-refractivity contribution in [2.24, 2.45) is 5.73 Å². The molecule has 2 amide bonds. The molecule has 2 aliphatic heterocycles. The standard InChI is InChI=1S/C28H29N7O4S/c1-17-16-40-24(30-17)21-9-6-10-34(21)25(36)19-13-20(31-22(14-19)35-11-12-38-27(35)37)23-32-33-26(39-23)28(2,29)15-18-7-4-3-5-8-18/h3-5,7-8,13-14,16,21H,6,9-12,15,29H2,1-2H3/t21-,28-/m1/s1. The molecule has 12 heteroatoms. The number of carbonyl (C=O) groups is 2. The first-order valence-corrected chi connectivity index (χ1v) is 14.0. The highest BCUT2D eigenvalue weighted by Crippen LogP contribution is 2.36. The number of thiazole rings is 1. The van der Waals surface area contributed by atoms with Crippen molar-refractivity contribution in [3.05, 3.63) is 75.6 Å². The first-order valence-electron chi connectivity index (χ1n) is 13.1. The van der Waals surface area contributed by atoms with Gasteiger partial charge in [-0.15, -0.1) is 21.5 Å². The van der Waals surface area contributed by atoms with Crippen molar-refractivity contribution in [3.63, 3.8) is 0 Å². The van der Waals surface area contributed by atoms with Crippen LogP contribution in [-0.4, -0.2) is 56.8 Å². The van der Waals surface area contributed by atoms with Crippen molar-refractivity contribution in [2.45, 2.75) is 44.7 Å². The predicted octanol–water partition coefficient (Wildman–Crippen LogP) is 4.25. The molecule has 0 spiro atoms. The fraction of sp³-hybridized carbons (Fsp3) is 0.357. The Kier molecular flexibility index (Phi) is 6.80. The van der Waals surface area contributed by atoms with Gasteiger partial charge in [-0.05, 0) is 50.8 Å². The Hall–Kier alpha value is -4.16. The fourth-order valence-corrected chi connectivity index (χ4v) is 6.04. The summed E-state index contributed by atoms with van der Waals surface area (Å²) in [5, 5.41) is 11.4. The molecule has 2 fully saturated rings. The number of anilines is 1. The molecule has 0 radical (unpaired) electrons. The lowest BCUT2D eigenvalue weighted by Crippen LogP contribution is -2.35. The Labute approximate surface area is 235 Å². The van der Waals surface area contributed by atoms with Gasteiger partial charge in [-0.25, -0.2) is 14.8 Å². The van der Waals surface area contributed by atoms with Crippen LogP contribution in [0.25, 0.3) is 11.6 Å². The molecular formula is C28H29N7O4S. The second-order valence-corrected chi connectivity index (χ2v) is 11.2. The van der Waals surface area contributed by atoms with Crippen molar-refractivity contribution < 1.29 is 18.7 Å². The Morgan fingerprint density at radius 2 is 2.00 bits per heavy atom. The van der Waals surface area contributed by atoms with Crippen LogP contribution in [0.3, 0.4) is 0 Å². The van der Waals surface area contributed by atoms with Gasteiger partial charge in [0, 0.05) is 23.2 Å². The molecule has 6 rings (SSSR count). The van der Waals surface area contributed by atoms with Gasteiger partial charge >= 0.3 is 6.09 Å². The lowest BCUT2D eigenvalue weighted by molar-refractivity contribution is 0.0735. The fourth-order valence-electron chi connectivity index (χ4n) is 5.10. The first kappa shape index (κ1) is 26.1. The maximum absolute atomic E-state index is 13.9. The average molecular weight is 560 g/mol. The van der Waals surface area contributed by atoms with Crippen molar-refractivity contribution in [3.8, 4) is 11.6 Å². The summed E-state index contributed by atoms with van der Waals surface area (Å²) in [7, 11) is 0. The van der Waals surface area contributed by atoms with E-state index >= 15 is 0 Å². The number of likely N-dealkylation sites (tertiary alicyclic amines) is 1. The van der Waals surface area contributed by atoms with E-state index in [1.165, 1.54) is 4.90 Å². The molecule has 0 unspecified atom stereocenters. The van der Waals surface area contributed by atoms with Crippen molar-refractivity contribution >= 4 is 29.2 Å². The van der Waals surface area contributed by atoms with E-state index in [9.17, 15) is 9.59 Å². The number of nitrogens with two attached hydrogens (primary N) is 1. The number of rotatable bonds is 7. The minimum absolute atomic E-state index is 0.103. The van der Waals surface area contributed by atoms with Crippen LogP contribution in [0.5, 0.6) is 0 Å². The van der Waals surface area contributed by atoms with Crippen LogP contribution in [0.1, 0.15) is 58.3 Å². The van der Waals surface area contributed by atoms with Crippen molar-refractivity contribution in [1.82, 2.24) is 25.1 Å². The third-order valence-corrected chi connectivity index (χ3v) is 8.14. The van der Waals surface area contributed by atoms with Gasteiger partial charge in [0.2, 0.25) is 5.89 Å². The van der Waals surface area contributed by atoms with Crippen molar-refractivity contribution in [2.75, 3.05) is 24.6 Å². The summed E-state index contributed by atoms with van der Waals surface area (Å²) in [6.45, 7) is 4.94. The zero-order chi connectivity index (χ0) is 27.9. The number of cyclic esters (lactones) is 1. The summed E-state index contributed by atoms with van der Waals surface area (Å²) < 4.78 is 11.2. The van der Waals surface area contributed by atoms with E-state index in [0.29, 0.717) is 25.1 Å². The topological polar surface area (TPSA) is 141 Å². The minimum Gasteiger partial charge on any atom is -0.447 e. The van der Waals surface area contributed by atoms with Crippen LogP contribution < -0.4 is 10.6 Å². The smallest absolute Gasteiger partial charge is 0.415 e. The summed E-state index contributed by atoms with van der Waals surface area (Å²) in [4.78, 5) is 38.8. The number of ether oxygens (including phenoxy) is 1. The van der Waals surface area contributed by atoms with Gasteiger partial charge < -0.3 is 19.8 Å². The Balaban J connectivity index is 1.35. The third kappa shape index (κ3) is 5.07. The molecule has 40 heavy (non-hydrogen) atoms. The highest BCUT2D eigenvalue weighted by Gasteiger charge is 2.35. The number of amides is 2. The van der Waals surface area contributed by atoms with Gasteiger partial charge in [0.25, 0.3) is 11.8 Å². The van der Waals surface area contributed by atoms with Crippen LogP contribution in [0.15, 0.2) is 52.3 Å². The number of carbonyl (C=O) groups excluding carboxylic acids is 2. The normalized spacial score (nSPS) is 18.7. The van der Waals surface area contributed by atoms with Gasteiger partial charge in [-0.1, -0.05) is 30.3 Å². The molecule has 2 N–H and O–H groups in total. The molecule has 3 aromatic heterocycles. The van der Waals surface area contributed by atoms with Crippen LogP contribution in [-0.2, 0) is 16.7 Å². The molecule has 5 heterocycles. The van der Waals surface area contributed by atoms with Crippen LogP contribution >= 0.6 is 11.3 Å². The van der Waals surface area contributed by atoms with Gasteiger partial charge in [-0.2, -0.15) is 0 Å². The van der Waals surface area contributed by atoms with Gasteiger partial charge in [0.1, 0.15) is 23.1 Å². The second-order valence-electron chi connectivity index (χ2n) is 10.3. The molecule has 1 aromatic carbocycles. The third-order valence-electron chi connectivity index (χ3n) is 7.08. The summed E-state index contributed by atoms with van der Waals surface area (Å²) >= 11 is 1.56. The Morgan fingerprint density at radius 3 is 2.73 bits per heavy atom. The lowest BCUT2D eigenvalue weighted by atomic mass is 9.94. The largest absolute Gasteiger partial charge is 0.447 e. The number of hydrogen-bond donors (Lipinski definition) is 1. The van der Waals surface area contributed by atoms with Crippen LogP contribution in [0.4, 0.5) is 10.6 Å². The molecule has 2 saturated heterocycles. The van der Waals surface area contributed by atoms with E-state index in [-0.39, 0.29) is 41.8 Å². The molecule has 0 saturated carbocycles. The number of aromatic nitrogens is 4. The van der Waals surface area contributed by atoms with Crippen molar-refractivity contribution in [1.29, 1.82) is 0 Å². The van der Waals surface area contributed by atoms with E-state index in [1.54, 1.807) is 23.5 Å². The Morgan fingerprint density at radius 1 is 1.18 bits per heavy atom. The number of aryl methyl sites for hydroxylation is 1. The highest BCUT2D eigenvalue weighted by molar-refractivity contribution is 7.09. The van der Waals surface area contributed by atoms with Crippen LogP contribution in [0, 0.1) is 6.92 Å². The van der Waals surface area contributed by atoms with E-state index < -0.39 is 11.6 Å². The zero-order valence-electron chi connectivity index (χ0n) is 22.2. The SMILES string of the molecule is Cc1csc([C@H]2CCCN2C(=O)c2cc(-c3nnc([C@](C)(N)Cc4ccccc4)o3)nc(N3CCOC3=O)c2)n1. The summed E-state index contributed by atoms with van der Waals surface area (Å²) in [5.74, 6) is 0.450. The van der Waals surface area contributed by atoms with Gasteiger partial charge in [0.15, 0.2) is 0 Å². The molecular weight excluding hydrogens is 530 g/mol. The lowest BCUT2D eigenvalue weighted by Gasteiger charge is -2.24. The average Bonchev–Trinajstić information content (AvgIpc) is 3.75. The quantitative estimate of drug-likeness (QED) is 0.352. The number of pyridine rings is 1. The minimum atomic E-state index is -0.934. The molecule has 0 bridgehead atoms. The number of benzene rings is 1. The summed E-state index contributed by atoms with van der Waals surface area (Å²) in [6, 6.07) is 12.9. The van der Waals surface area contributed by atoms with Gasteiger partial charge in [0.05, 0.1) is 18.1 Å². The molecule has 2 atom stereocenters. The van der Waals surface area contributed by atoms with Crippen LogP contribution in [0.2, 0.25) is 0 Å². The maximum atomic E-state index is 13.9. The summed E-state index contributed by atoms with van der Waals surface area (Å²) in [5.41, 5.74) is 8.26. The second kappa shape index (κ2) is 10.4. The number of hydrogen-bond acceptors (Lipinski definition) is 10. The van der Waals surface area contributed by atoms with E-state index in [1.807, 2.05) is 54.5 Å². The van der Waals surface area contributed by atoms with E-state index in [2.05, 4.69) is 20.2 Å². The molecule has 4 aromatic rings. The molecule has 11 nitrogen and oxygen atoms in total. The molecule has 206 valence electrons. The molecule has 2 aliphatic rings. The maximum Gasteiger partial charge on any atom is 0.415 e. The first-order chi connectivity index (χ1) is 19.3. The predicted molar refractivity (Wildman–Crippen MR) is 148 cm³/mol. The zero-order valence-corrected chi connectivity index (χ0v) is 23.1. The van der Waals surface area contributed by atoms with E-state index in [4.69, 9.17) is 14.9 Å². The monoisotopic (exact) mass is 559 g/mol. The Bertz CT molecular complexity index is 1550. The molecule has 0 aliphatic carbocycles. The number of nitrogens with zero attached hydrogens (tertiary/aromatic N) is 6. The highest BCUT2D eigenvalue weighted by atomic mass is 32.1. The van der Waals surface area contributed by atoms with Gasteiger partial charge in [-0.3, -0.25) is 9.69 Å². The summed E-state index contributed by atoms with van der Waals surface area (Å²) in [6.07, 6.45) is 1.68. The van der Waals surface area contributed by atoms with E-state index in [0.717, 1.165) is 29.1 Å².